The lowest BCUT2D eigenvalue weighted by Crippen LogP contribution is -2.44. The number of carbonyl (C=O) groups excluding carboxylic acids is 1. The van der Waals surface area contributed by atoms with Crippen molar-refractivity contribution in [3.8, 4) is 16.9 Å². The zero-order valence-electron chi connectivity index (χ0n) is 19.5. The molecule has 1 saturated carbocycles. The lowest BCUT2D eigenvalue weighted by Gasteiger charge is -2.34. The molecule has 0 aromatic heterocycles. The van der Waals surface area contributed by atoms with Crippen LogP contribution in [0.25, 0.3) is 11.1 Å². The average molecular weight is 462 g/mol. The zero-order valence-corrected chi connectivity index (χ0v) is 19.5. The lowest BCUT2D eigenvalue weighted by atomic mass is 9.88. The van der Waals surface area contributed by atoms with Crippen LogP contribution in [0.1, 0.15) is 49.1 Å². The number of nitrogens with two attached hydrogens (primary N) is 1. The number of methoxy groups -OCH3 is 1. The third-order valence-electron chi connectivity index (χ3n) is 7.78. The summed E-state index contributed by atoms with van der Waals surface area (Å²) in [4.78, 5) is 14.7. The largest absolute Gasteiger partial charge is 0.496 e. The van der Waals surface area contributed by atoms with Crippen LogP contribution in [0.3, 0.4) is 0 Å². The molecule has 34 heavy (non-hydrogen) atoms. The van der Waals surface area contributed by atoms with Gasteiger partial charge >= 0.3 is 0 Å². The van der Waals surface area contributed by atoms with Crippen molar-refractivity contribution in [1.29, 1.82) is 5.53 Å². The first kappa shape index (κ1) is 22.5. The molecule has 3 N–H and O–H groups in total. The van der Waals surface area contributed by atoms with Gasteiger partial charge in [0.2, 0.25) is 0 Å². The topological polar surface area (TPSA) is 113 Å². The molecule has 1 spiro atoms. The Labute approximate surface area is 199 Å². The Bertz CT molecular complexity index is 1100. The molecule has 8 heteroatoms. The Hall–Kier alpha value is -3.26. The molecule has 1 aliphatic carbocycles. The van der Waals surface area contributed by atoms with Gasteiger partial charge in [-0.3, -0.25) is 4.79 Å². The van der Waals surface area contributed by atoms with Gasteiger partial charge < -0.3 is 20.2 Å². The molecule has 2 saturated heterocycles. The van der Waals surface area contributed by atoms with E-state index >= 15 is 0 Å². The highest BCUT2D eigenvalue weighted by atomic mass is 16.5. The summed E-state index contributed by atoms with van der Waals surface area (Å²) in [6.45, 7) is 2.40. The van der Waals surface area contributed by atoms with Crippen molar-refractivity contribution < 1.29 is 14.3 Å². The van der Waals surface area contributed by atoms with E-state index in [0.717, 1.165) is 49.9 Å². The van der Waals surface area contributed by atoms with Crippen LogP contribution >= 0.6 is 0 Å². The van der Waals surface area contributed by atoms with Crippen LogP contribution in [-0.4, -0.2) is 49.6 Å². The summed E-state index contributed by atoms with van der Waals surface area (Å²) in [6, 6.07) is 14.3. The van der Waals surface area contributed by atoms with Crippen molar-refractivity contribution in [3.63, 3.8) is 0 Å². The molecule has 8 nitrogen and oxygen atoms in total. The first-order valence-electron chi connectivity index (χ1n) is 11.9. The van der Waals surface area contributed by atoms with Crippen LogP contribution in [-0.2, 0) is 9.53 Å². The van der Waals surface area contributed by atoms with Crippen molar-refractivity contribution in [3.05, 3.63) is 53.6 Å². The van der Waals surface area contributed by atoms with Crippen molar-refractivity contribution in [2.24, 2.45) is 21.5 Å². The molecule has 0 bridgehead atoms. The number of hydrogen-bond acceptors (Lipinski definition) is 6. The van der Waals surface area contributed by atoms with Crippen LogP contribution < -0.4 is 10.6 Å². The Balaban J connectivity index is 1.25. The van der Waals surface area contributed by atoms with Gasteiger partial charge in [-0.05, 0) is 66.7 Å². The molecule has 0 radical (unpaired) electrons. The number of rotatable bonds is 5. The second-order valence-corrected chi connectivity index (χ2v) is 9.55. The Morgan fingerprint density at radius 3 is 2.59 bits per heavy atom. The first-order chi connectivity index (χ1) is 16.6. The molecule has 2 atom stereocenters. The quantitative estimate of drug-likeness (QED) is 0.227. The fourth-order valence-corrected chi connectivity index (χ4v) is 5.65. The fourth-order valence-electron chi connectivity index (χ4n) is 5.65. The average Bonchev–Trinajstić information content (AvgIpc) is 3.29. The predicted octanol–water partition coefficient (Wildman–Crippen LogP) is 4.29. The van der Waals surface area contributed by atoms with E-state index in [1.54, 1.807) is 13.2 Å². The van der Waals surface area contributed by atoms with Crippen molar-refractivity contribution in [2.45, 2.75) is 44.1 Å². The smallest absolute Gasteiger partial charge is 0.251 e. The number of benzene rings is 2. The molecule has 2 aromatic carbocycles. The summed E-state index contributed by atoms with van der Waals surface area (Å²) < 4.78 is 11.2. The number of ether oxygens (including phenoxy) is 2. The standard InChI is InChI=1S/C26H31N5O3/c1-33-23-15-19(24(29-27)30-28)8-9-20(23)17-4-6-18(7-5-17)21-16-26(21)10-12-31(13-11-26)25(32)22-3-2-14-34-22/h4-9,15,21-22,27H,2-3,10-14,16,28H2,1H3/b29-27?,30-24-/t21-,22-/m1/s1. The number of nitrogens with one attached hydrogen (secondary N) is 1. The Morgan fingerprint density at radius 1 is 1.21 bits per heavy atom. The van der Waals surface area contributed by atoms with Gasteiger partial charge in [-0.1, -0.05) is 30.3 Å². The number of hydrogen-bond donors (Lipinski definition) is 2. The van der Waals surface area contributed by atoms with E-state index in [2.05, 4.69) is 34.5 Å². The number of piperidine rings is 1. The summed E-state index contributed by atoms with van der Waals surface area (Å²) >= 11 is 0. The normalized spacial score (nSPS) is 23.7. The number of amidine groups is 1. The Kier molecular flexibility index (Phi) is 6.08. The van der Waals surface area contributed by atoms with E-state index in [1.165, 1.54) is 12.0 Å². The maximum absolute atomic E-state index is 12.7. The van der Waals surface area contributed by atoms with Crippen LogP contribution in [0, 0.1) is 10.9 Å². The molecular weight excluding hydrogens is 430 g/mol. The van der Waals surface area contributed by atoms with E-state index in [1.807, 2.05) is 17.0 Å². The molecule has 5 rings (SSSR count). The highest BCUT2D eigenvalue weighted by molar-refractivity contribution is 5.99. The fraction of sp³-hybridized carbons (Fsp3) is 0.462. The monoisotopic (exact) mass is 461 g/mol. The van der Waals surface area contributed by atoms with E-state index in [4.69, 9.17) is 20.8 Å². The SMILES string of the molecule is COc1cc(/C(N=N)=N/N)ccc1-c1ccc([C@H]2CC23CCN(C(=O)[C@H]2CCCO2)CC3)cc1. The van der Waals surface area contributed by atoms with Crippen molar-refractivity contribution in [2.75, 3.05) is 26.8 Å². The third kappa shape index (κ3) is 4.07. The van der Waals surface area contributed by atoms with E-state index in [9.17, 15) is 4.79 Å². The maximum atomic E-state index is 12.7. The second-order valence-electron chi connectivity index (χ2n) is 9.55. The second kappa shape index (κ2) is 9.18. The van der Waals surface area contributed by atoms with Gasteiger partial charge in [0.05, 0.1) is 7.11 Å². The molecule has 3 aliphatic rings. The number of nitrogens with zero attached hydrogens (tertiary/aromatic N) is 3. The lowest BCUT2D eigenvalue weighted by molar-refractivity contribution is -0.142. The van der Waals surface area contributed by atoms with Crippen molar-refractivity contribution >= 4 is 11.7 Å². The third-order valence-corrected chi connectivity index (χ3v) is 7.78. The summed E-state index contributed by atoms with van der Waals surface area (Å²) in [6.07, 6.45) is 4.98. The van der Waals surface area contributed by atoms with E-state index < -0.39 is 0 Å². The molecule has 3 fully saturated rings. The van der Waals surface area contributed by atoms with Crippen LogP contribution in [0.15, 0.2) is 52.7 Å². The number of amides is 1. The van der Waals surface area contributed by atoms with Gasteiger partial charge in [0.15, 0.2) is 5.84 Å². The summed E-state index contributed by atoms with van der Waals surface area (Å²) in [5, 5.41) is 6.91. The maximum Gasteiger partial charge on any atom is 0.251 e. The summed E-state index contributed by atoms with van der Waals surface area (Å²) in [7, 11) is 1.62. The van der Waals surface area contributed by atoms with Gasteiger partial charge in [-0.2, -0.15) is 5.10 Å². The Morgan fingerprint density at radius 2 is 1.97 bits per heavy atom. The molecule has 0 unspecified atom stereocenters. The minimum absolute atomic E-state index is 0.155. The van der Waals surface area contributed by atoms with E-state index in [0.29, 0.717) is 29.3 Å². The van der Waals surface area contributed by atoms with Gasteiger partial charge in [-0.25, -0.2) is 5.53 Å². The van der Waals surface area contributed by atoms with Crippen LogP contribution in [0.4, 0.5) is 0 Å². The predicted molar refractivity (Wildman–Crippen MR) is 129 cm³/mol. The molecule has 178 valence electrons. The first-order valence-corrected chi connectivity index (χ1v) is 11.9. The molecule has 2 aromatic rings. The zero-order chi connectivity index (χ0) is 23.7. The highest BCUT2D eigenvalue weighted by Crippen LogP contribution is 2.65. The number of hydrazone groups is 1. The van der Waals surface area contributed by atoms with Gasteiger partial charge in [0, 0.05) is 30.8 Å². The van der Waals surface area contributed by atoms with Gasteiger partial charge in [0.1, 0.15) is 11.9 Å². The molecule has 2 aliphatic heterocycles. The van der Waals surface area contributed by atoms with Gasteiger partial charge in [0.25, 0.3) is 5.91 Å². The molecular formula is C26H31N5O3. The van der Waals surface area contributed by atoms with Crippen molar-refractivity contribution in [1.82, 2.24) is 4.90 Å². The molecule has 2 heterocycles. The van der Waals surface area contributed by atoms with E-state index in [-0.39, 0.29) is 17.8 Å². The van der Waals surface area contributed by atoms with Crippen LogP contribution in [0.5, 0.6) is 5.75 Å². The minimum atomic E-state index is -0.210. The number of carbonyl (C=O) groups is 1. The van der Waals surface area contributed by atoms with Gasteiger partial charge in [-0.15, -0.1) is 5.11 Å². The van der Waals surface area contributed by atoms with Crippen LogP contribution in [0.2, 0.25) is 0 Å². The highest BCUT2D eigenvalue weighted by Gasteiger charge is 2.55. The summed E-state index contributed by atoms with van der Waals surface area (Å²) in [5.41, 5.74) is 11.6. The molecule has 1 amide bonds. The summed E-state index contributed by atoms with van der Waals surface area (Å²) in [5.74, 6) is 6.91. The minimum Gasteiger partial charge on any atom is -0.496 e. The number of likely N-dealkylation sites (tertiary alicyclic amines) is 1.